The molecule has 7 heteroatoms. The van der Waals surface area contributed by atoms with Gasteiger partial charge < -0.3 is 5.32 Å². The molecule has 1 aliphatic rings. The van der Waals surface area contributed by atoms with Crippen molar-refractivity contribution in [1.82, 2.24) is 4.31 Å². The van der Waals surface area contributed by atoms with Gasteiger partial charge in [-0.1, -0.05) is 48.0 Å². The van der Waals surface area contributed by atoms with Crippen LogP contribution in [-0.2, 0) is 14.8 Å². The highest BCUT2D eigenvalue weighted by Gasteiger charge is 2.32. The van der Waals surface area contributed by atoms with Crippen molar-refractivity contribution >= 4 is 44.0 Å². The van der Waals surface area contributed by atoms with Gasteiger partial charge in [-0.05, 0) is 60.4 Å². The van der Waals surface area contributed by atoms with Crippen LogP contribution in [-0.4, -0.2) is 31.7 Å². The average molecular weight is 443 g/mol. The SMILES string of the molecule is Cc1ccc(Cl)cc1NC(=O)C1CCN(S(=O)(=O)c2ccc3ccccc3c2)CC1. The summed E-state index contributed by atoms with van der Waals surface area (Å²) in [6.45, 7) is 2.55. The minimum absolute atomic E-state index is 0.0943. The Hall–Kier alpha value is -2.41. The Bertz CT molecular complexity index is 1200. The number of anilines is 1. The zero-order valence-electron chi connectivity index (χ0n) is 16.6. The first-order chi connectivity index (χ1) is 14.3. The molecule has 1 aliphatic heterocycles. The van der Waals surface area contributed by atoms with E-state index >= 15 is 0 Å². The van der Waals surface area contributed by atoms with Gasteiger partial charge in [-0.25, -0.2) is 8.42 Å². The lowest BCUT2D eigenvalue weighted by atomic mass is 9.97. The molecule has 1 heterocycles. The molecule has 0 saturated carbocycles. The zero-order valence-corrected chi connectivity index (χ0v) is 18.2. The normalized spacial score (nSPS) is 15.9. The van der Waals surface area contributed by atoms with Gasteiger partial charge >= 0.3 is 0 Å². The second-order valence-electron chi connectivity index (χ2n) is 7.64. The number of fused-ring (bicyclic) bond motifs is 1. The number of aryl methyl sites for hydroxylation is 1. The monoisotopic (exact) mass is 442 g/mol. The van der Waals surface area contributed by atoms with Crippen molar-refractivity contribution < 1.29 is 13.2 Å². The molecule has 4 rings (SSSR count). The number of amides is 1. The van der Waals surface area contributed by atoms with Crippen molar-refractivity contribution in [2.75, 3.05) is 18.4 Å². The third kappa shape index (κ3) is 4.21. The standard InChI is InChI=1S/C23H23ClN2O3S/c1-16-6-8-20(24)15-22(16)25-23(27)18-10-12-26(13-11-18)30(28,29)21-9-7-17-4-2-3-5-19(17)14-21/h2-9,14-15,18H,10-13H2,1H3,(H,25,27). The van der Waals surface area contributed by atoms with Crippen LogP contribution in [0, 0.1) is 12.8 Å². The molecule has 0 atom stereocenters. The molecule has 0 bridgehead atoms. The van der Waals surface area contributed by atoms with Gasteiger partial charge in [-0.15, -0.1) is 0 Å². The third-order valence-corrected chi connectivity index (χ3v) is 7.77. The molecule has 3 aromatic carbocycles. The van der Waals surface area contributed by atoms with E-state index in [2.05, 4.69) is 5.32 Å². The number of hydrogen-bond donors (Lipinski definition) is 1. The lowest BCUT2D eigenvalue weighted by molar-refractivity contribution is -0.120. The van der Waals surface area contributed by atoms with Crippen molar-refractivity contribution in [3.63, 3.8) is 0 Å². The molecule has 1 N–H and O–H groups in total. The second kappa shape index (κ2) is 8.38. The average Bonchev–Trinajstić information content (AvgIpc) is 2.76. The summed E-state index contributed by atoms with van der Waals surface area (Å²) >= 11 is 6.03. The van der Waals surface area contributed by atoms with Crippen molar-refractivity contribution in [3.05, 3.63) is 71.2 Å². The highest BCUT2D eigenvalue weighted by molar-refractivity contribution is 7.89. The van der Waals surface area contributed by atoms with Crippen LogP contribution in [0.3, 0.4) is 0 Å². The molecule has 1 fully saturated rings. The first-order valence-electron chi connectivity index (χ1n) is 9.90. The van der Waals surface area contributed by atoms with E-state index in [1.807, 2.05) is 43.3 Å². The summed E-state index contributed by atoms with van der Waals surface area (Å²) < 4.78 is 27.7. The fourth-order valence-electron chi connectivity index (χ4n) is 3.80. The van der Waals surface area contributed by atoms with E-state index in [-0.39, 0.29) is 11.8 Å². The summed E-state index contributed by atoms with van der Waals surface area (Å²) in [6.07, 6.45) is 0.969. The van der Waals surface area contributed by atoms with Gasteiger partial charge in [0, 0.05) is 29.7 Å². The van der Waals surface area contributed by atoms with Crippen LogP contribution in [0.15, 0.2) is 65.6 Å². The van der Waals surface area contributed by atoms with Crippen LogP contribution < -0.4 is 5.32 Å². The van der Waals surface area contributed by atoms with Gasteiger partial charge in [0.2, 0.25) is 15.9 Å². The Balaban J connectivity index is 1.44. The van der Waals surface area contributed by atoms with Crippen LogP contribution in [0.2, 0.25) is 5.02 Å². The molecular weight excluding hydrogens is 420 g/mol. The highest BCUT2D eigenvalue weighted by Crippen LogP contribution is 2.28. The minimum Gasteiger partial charge on any atom is -0.326 e. The van der Waals surface area contributed by atoms with Crippen LogP contribution in [0.4, 0.5) is 5.69 Å². The van der Waals surface area contributed by atoms with E-state index in [0.717, 1.165) is 16.3 Å². The Morgan fingerprint density at radius 2 is 1.70 bits per heavy atom. The molecule has 1 amide bonds. The molecule has 0 aliphatic carbocycles. The quantitative estimate of drug-likeness (QED) is 0.628. The lowest BCUT2D eigenvalue weighted by Gasteiger charge is -2.30. The summed E-state index contributed by atoms with van der Waals surface area (Å²) in [5.41, 5.74) is 1.63. The minimum atomic E-state index is -3.59. The van der Waals surface area contributed by atoms with Crippen LogP contribution in [0.5, 0.6) is 0 Å². The van der Waals surface area contributed by atoms with E-state index in [0.29, 0.717) is 41.5 Å². The van der Waals surface area contributed by atoms with Crippen molar-refractivity contribution in [2.45, 2.75) is 24.7 Å². The number of rotatable bonds is 4. The van der Waals surface area contributed by atoms with E-state index in [4.69, 9.17) is 11.6 Å². The Morgan fingerprint density at radius 3 is 2.43 bits per heavy atom. The topological polar surface area (TPSA) is 66.5 Å². The van der Waals surface area contributed by atoms with Crippen molar-refractivity contribution in [2.24, 2.45) is 5.92 Å². The number of nitrogens with zero attached hydrogens (tertiary/aromatic N) is 1. The van der Waals surface area contributed by atoms with Gasteiger partial charge in [0.25, 0.3) is 0 Å². The van der Waals surface area contributed by atoms with Gasteiger partial charge in [0.15, 0.2) is 0 Å². The number of nitrogens with one attached hydrogen (secondary N) is 1. The van der Waals surface area contributed by atoms with Gasteiger partial charge in [0.1, 0.15) is 0 Å². The van der Waals surface area contributed by atoms with E-state index < -0.39 is 10.0 Å². The van der Waals surface area contributed by atoms with Crippen molar-refractivity contribution in [1.29, 1.82) is 0 Å². The first kappa shape index (κ1) is 20.8. The molecular formula is C23H23ClN2O3S. The molecule has 3 aromatic rings. The van der Waals surface area contributed by atoms with Gasteiger partial charge in [0.05, 0.1) is 4.90 Å². The smallest absolute Gasteiger partial charge is 0.243 e. The summed E-state index contributed by atoms with van der Waals surface area (Å²) in [5, 5.41) is 5.39. The number of piperidine rings is 1. The Kier molecular flexibility index (Phi) is 5.82. The molecule has 0 spiro atoms. The maximum Gasteiger partial charge on any atom is 0.243 e. The molecule has 0 unspecified atom stereocenters. The predicted molar refractivity (Wildman–Crippen MR) is 120 cm³/mol. The fraction of sp³-hybridized carbons (Fsp3) is 0.261. The number of halogens is 1. The maximum absolute atomic E-state index is 13.1. The molecule has 0 aromatic heterocycles. The summed E-state index contributed by atoms with van der Waals surface area (Å²) in [5.74, 6) is -0.324. The fourth-order valence-corrected chi connectivity index (χ4v) is 5.48. The molecule has 30 heavy (non-hydrogen) atoms. The number of sulfonamides is 1. The second-order valence-corrected chi connectivity index (χ2v) is 10.0. The number of carbonyl (C=O) groups is 1. The van der Waals surface area contributed by atoms with Crippen LogP contribution in [0.1, 0.15) is 18.4 Å². The lowest BCUT2D eigenvalue weighted by Crippen LogP contribution is -2.41. The molecule has 0 radical (unpaired) electrons. The number of hydrogen-bond acceptors (Lipinski definition) is 3. The Morgan fingerprint density at radius 1 is 1.00 bits per heavy atom. The van der Waals surface area contributed by atoms with E-state index in [9.17, 15) is 13.2 Å². The molecule has 1 saturated heterocycles. The maximum atomic E-state index is 13.1. The summed E-state index contributed by atoms with van der Waals surface area (Å²) in [4.78, 5) is 13.0. The van der Waals surface area contributed by atoms with Crippen LogP contribution in [0.25, 0.3) is 10.8 Å². The summed E-state index contributed by atoms with van der Waals surface area (Å²) in [6, 6.07) is 18.2. The molecule has 5 nitrogen and oxygen atoms in total. The first-order valence-corrected chi connectivity index (χ1v) is 11.7. The predicted octanol–water partition coefficient (Wildman–Crippen LogP) is 4.84. The van der Waals surface area contributed by atoms with Crippen LogP contribution >= 0.6 is 11.6 Å². The van der Waals surface area contributed by atoms with Gasteiger partial charge in [-0.3, -0.25) is 4.79 Å². The zero-order chi connectivity index (χ0) is 21.3. The Labute approximate surface area is 181 Å². The number of carbonyl (C=O) groups excluding carboxylic acids is 1. The van der Waals surface area contributed by atoms with Crippen molar-refractivity contribution in [3.8, 4) is 0 Å². The summed E-state index contributed by atoms with van der Waals surface area (Å²) in [7, 11) is -3.59. The third-order valence-electron chi connectivity index (χ3n) is 5.64. The van der Waals surface area contributed by atoms with E-state index in [1.54, 1.807) is 24.3 Å². The molecule has 156 valence electrons. The van der Waals surface area contributed by atoms with E-state index in [1.165, 1.54) is 4.31 Å². The number of benzene rings is 3. The highest BCUT2D eigenvalue weighted by atomic mass is 35.5. The largest absolute Gasteiger partial charge is 0.326 e. The van der Waals surface area contributed by atoms with Gasteiger partial charge in [-0.2, -0.15) is 4.31 Å².